The quantitative estimate of drug-likeness (QED) is 0.676. The summed E-state index contributed by atoms with van der Waals surface area (Å²) < 4.78 is 31.7. The number of carboxylic acids is 1. The summed E-state index contributed by atoms with van der Waals surface area (Å²) in [6, 6.07) is 7.51. The van der Waals surface area contributed by atoms with Crippen molar-refractivity contribution in [2.45, 2.75) is 25.1 Å². The Balaban J connectivity index is 0.000000345. The van der Waals surface area contributed by atoms with Crippen molar-refractivity contribution in [1.82, 2.24) is 25.5 Å². The summed E-state index contributed by atoms with van der Waals surface area (Å²) in [6.45, 7) is 3.91. The number of rotatable bonds is 4. The summed E-state index contributed by atoms with van der Waals surface area (Å²) in [4.78, 5) is 23.1. The molecule has 1 saturated carbocycles. The second-order valence-electron chi connectivity index (χ2n) is 5.97. The number of aliphatic carboxylic acids is 1. The molecule has 0 bridgehead atoms. The summed E-state index contributed by atoms with van der Waals surface area (Å²) in [5.41, 5.74) is 2.57. The van der Waals surface area contributed by atoms with Crippen molar-refractivity contribution in [1.29, 1.82) is 0 Å². The first-order chi connectivity index (χ1) is 13.1. The number of nitrogens with zero attached hydrogens (tertiary/aromatic N) is 4. The van der Waals surface area contributed by atoms with E-state index >= 15 is 0 Å². The molecule has 2 aromatic rings. The maximum Gasteiger partial charge on any atom is 0.490 e. The molecule has 150 valence electrons. The zero-order valence-electron chi connectivity index (χ0n) is 14.7. The summed E-state index contributed by atoms with van der Waals surface area (Å²) in [5, 5.41) is 23.6. The fraction of sp³-hybridized carbons (Fsp3) is 0.312. The van der Waals surface area contributed by atoms with Gasteiger partial charge in [-0.1, -0.05) is 23.3 Å². The number of tetrazole rings is 1. The van der Waals surface area contributed by atoms with Gasteiger partial charge in [0.1, 0.15) is 0 Å². The minimum atomic E-state index is -5.08. The molecule has 12 heteroatoms. The lowest BCUT2D eigenvalue weighted by molar-refractivity contribution is -0.192. The number of benzene rings is 1. The predicted molar refractivity (Wildman–Crippen MR) is 91.8 cm³/mol. The average molecular weight is 398 g/mol. The lowest BCUT2D eigenvalue weighted by atomic mass is 9.86. The van der Waals surface area contributed by atoms with E-state index in [9.17, 15) is 18.0 Å². The largest absolute Gasteiger partial charge is 0.490 e. The molecule has 0 aliphatic heterocycles. The van der Waals surface area contributed by atoms with Crippen molar-refractivity contribution >= 4 is 23.5 Å². The van der Waals surface area contributed by atoms with Gasteiger partial charge in [-0.05, 0) is 36.3 Å². The molecule has 1 aromatic carbocycles. The summed E-state index contributed by atoms with van der Waals surface area (Å²) in [6.07, 6.45) is -3.30. The van der Waals surface area contributed by atoms with Crippen LogP contribution in [0.4, 0.5) is 24.8 Å². The van der Waals surface area contributed by atoms with Crippen LogP contribution >= 0.6 is 0 Å². The minimum absolute atomic E-state index is 0.00395. The number of carboxylic acid groups (broad SMARTS) is 1. The van der Waals surface area contributed by atoms with Crippen molar-refractivity contribution in [3.05, 3.63) is 42.0 Å². The molecule has 1 heterocycles. The molecule has 3 N–H and O–H groups in total. The number of carbonyl (C=O) groups is 2. The van der Waals surface area contributed by atoms with Crippen molar-refractivity contribution in [2.75, 3.05) is 12.4 Å². The first-order valence-electron chi connectivity index (χ1n) is 7.92. The van der Waals surface area contributed by atoms with Crippen LogP contribution in [0.1, 0.15) is 23.2 Å². The molecule has 9 nitrogen and oxygen atoms in total. The molecule has 1 aliphatic rings. The average Bonchev–Trinajstić information content (AvgIpc) is 3.10. The topological polar surface area (TPSA) is 124 Å². The maximum absolute atomic E-state index is 12.5. The number of halogens is 3. The Morgan fingerprint density at radius 1 is 1.36 bits per heavy atom. The van der Waals surface area contributed by atoms with Crippen LogP contribution in [0.2, 0.25) is 0 Å². The first kappa shape index (κ1) is 20.9. The summed E-state index contributed by atoms with van der Waals surface area (Å²) >= 11 is 0. The zero-order valence-corrected chi connectivity index (χ0v) is 14.7. The molecule has 0 atom stereocenters. The van der Waals surface area contributed by atoms with E-state index in [0.29, 0.717) is 11.5 Å². The Labute approximate surface area is 157 Å². The van der Waals surface area contributed by atoms with Gasteiger partial charge in [-0.3, -0.25) is 4.79 Å². The molecule has 0 spiro atoms. The third kappa shape index (κ3) is 5.53. The van der Waals surface area contributed by atoms with Crippen molar-refractivity contribution in [2.24, 2.45) is 0 Å². The highest BCUT2D eigenvalue weighted by Gasteiger charge is 2.38. The lowest BCUT2D eigenvalue weighted by Gasteiger charge is -2.36. The number of alkyl halides is 3. The fourth-order valence-corrected chi connectivity index (χ4v) is 2.32. The van der Waals surface area contributed by atoms with Crippen LogP contribution in [0.25, 0.3) is 0 Å². The van der Waals surface area contributed by atoms with E-state index in [-0.39, 0.29) is 11.9 Å². The van der Waals surface area contributed by atoms with E-state index < -0.39 is 12.1 Å². The van der Waals surface area contributed by atoms with Crippen LogP contribution < -0.4 is 5.32 Å². The highest BCUT2D eigenvalue weighted by atomic mass is 19.4. The third-order valence-corrected chi connectivity index (χ3v) is 3.87. The van der Waals surface area contributed by atoms with Gasteiger partial charge >= 0.3 is 12.1 Å². The van der Waals surface area contributed by atoms with Crippen LogP contribution in [0, 0.1) is 0 Å². The molecule has 3 rings (SSSR count). The van der Waals surface area contributed by atoms with E-state index in [1.807, 2.05) is 19.2 Å². The number of hydrogen-bond donors (Lipinski definition) is 3. The van der Waals surface area contributed by atoms with Crippen molar-refractivity contribution < 1.29 is 27.9 Å². The van der Waals surface area contributed by atoms with E-state index in [4.69, 9.17) is 9.90 Å². The van der Waals surface area contributed by atoms with Gasteiger partial charge < -0.3 is 15.3 Å². The molecule has 0 radical (unpaired) electrons. The van der Waals surface area contributed by atoms with E-state index in [2.05, 4.69) is 32.5 Å². The van der Waals surface area contributed by atoms with Gasteiger partial charge in [0.25, 0.3) is 11.9 Å². The Hall–Kier alpha value is -3.44. The van der Waals surface area contributed by atoms with Gasteiger partial charge in [-0.25, -0.2) is 4.79 Å². The fourth-order valence-electron chi connectivity index (χ4n) is 2.32. The number of nitrogens with one attached hydrogen (secondary N) is 2. The van der Waals surface area contributed by atoms with Gasteiger partial charge in [0.05, 0.1) is 0 Å². The molecule has 1 aliphatic carbocycles. The van der Waals surface area contributed by atoms with Crippen LogP contribution in [-0.2, 0) is 4.79 Å². The summed E-state index contributed by atoms with van der Waals surface area (Å²) in [7, 11) is 1.83. The number of anilines is 2. The second kappa shape index (κ2) is 8.50. The number of hydrogen-bond acceptors (Lipinski definition) is 6. The highest BCUT2D eigenvalue weighted by Crippen LogP contribution is 2.29. The number of carbonyl (C=O) groups excluding carboxylic acids is 1. The van der Waals surface area contributed by atoms with Gasteiger partial charge in [0.2, 0.25) is 0 Å². The molecular formula is C16H17F3N6O3. The SMILES string of the molecule is C=C1CC(N(C)C(=O)c2cccc(Nc3nn[nH]n3)c2)C1.O=C(O)C(F)(F)F. The number of amides is 1. The number of aromatic amines is 1. The predicted octanol–water partition coefficient (Wildman–Crippen LogP) is 2.37. The lowest BCUT2D eigenvalue weighted by Crippen LogP contribution is -2.42. The second-order valence-corrected chi connectivity index (χ2v) is 5.97. The van der Waals surface area contributed by atoms with Gasteiger partial charge in [-0.15, -0.1) is 5.10 Å². The first-order valence-corrected chi connectivity index (χ1v) is 7.92. The van der Waals surface area contributed by atoms with E-state index in [1.165, 1.54) is 5.57 Å². The Bertz CT molecular complexity index is 846. The van der Waals surface area contributed by atoms with Crippen molar-refractivity contribution in [3.63, 3.8) is 0 Å². The maximum atomic E-state index is 12.5. The number of aromatic nitrogens is 4. The van der Waals surface area contributed by atoms with Crippen molar-refractivity contribution in [3.8, 4) is 0 Å². The molecular weight excluding hydrogens is 381 g/mol. The van der Waals surface area contributed by atoms with Crippen LogP contribution in [-0.4, -0.2) is 61.8 Å². The van der Waals surface area contributed by atoms with Gasteiger partial charge in [0.15, 0.2) is 0 Å². The summed E-state index contributed by atoms with van der Waals surface area (Å²) in [5.74, 6) is -2.39. The molecule has 1 amide bonds. The van der Waals surface area contributed by atoms with Crippen LogP contribution in [0.5, 0.6) is 0 Å². The Morgan fingerprint density at radius 3 is 2.50 bits per heavy atom. The monoisotopic (exact) mass is 398 g/mol. The molecule has 0 unspecified atom stereocenters. The zero-order chi connectivity index (χ0) is 20.9. The van der Waals surface area contributed by atoms with E-state index in [1.54, 1.807) is 17.0 Å². The molecule has 1 fully saturated rings. The number of H-pyrrole nitrogens is 1. The van der Waals surface area contributed by atoms with Crippen LogP contribution in [0.15, 0.2) is 36.4 Å². The standard InChI is InChI=1S/C14H16N6O.C2HF3O2/c1-9-6-12(7-9)20(2)13(21)10-4-3-5-11(8-10)15-14-16-18-19-17-14;3-2(4,5)1(6)7/h3-5,8,12H,1,6-7H2,2H3,(H2,15,16,17,18,19);(H,6,7). The highest BCUT2D eigenvalue weighted by molar-refractivity contribution is 5.95. The van der Waals surface area contributed by atoms with Crippen LogP contribution in [0.3, 0.4) is 0 Å². The Morgan fingerprint density at radius 2 is 2.00 bits per heavy atom. The third-order valence-electron chi connectivity index (χ3n) is 3.87. The van der Waals surface area contributed by atoms with Gasteiger partial charge in [0, 0.05) is 24.3 Å². The van der Waals surface area contributed by atoms with Gasteiger partial charge in [-0.2, -0.15) is 18.4 Å². The Kier molecular flexibility index (Phi) is 6.33. The molecule has 1 aromatic heterocycles. The molecule has 0 saturated heterocycles. The smallest absolute Gasteiger partial charge is 0.475 e. The van der Waals surface area contributed by atoms with E-state index in [0.717, 1.165) is 18.5 Å². The normalized spacial score (nSPS) is 13.8. The minimum Gasteiger partial charge on any atom is -0.475 e. The molecule has 28 heavy (non-hydrogen) atoms.